The van der Waals surface area contributed by atoms with Crippen LogP contribution in [0.15, 0.2) is 24.3 Å². The molecule has 1 fully saturated rings. The van der Waals surface area contributed by atoms with Crippen molar-refractivity contribution in [3.63, 3.8) is 0 Å². The first-order valence-corrected chi connectivity index (χ1v) is 11.1. The molecule has 28 heavy (non-hydrogen) atoms. The molecule has 1 aromatic carbocycles. The number of unbranched alkanes of at least 4 members (excludes halogenated alkanes) is 1. The Kier molecular flexibility index (Phi) is 7.56. The second-order valence-electron chi connectivity index (χ2n) is 6.83. The number of sulfone groups is 1. The van der Waals surface area contributed by atoms with Crippen molar-refractivity contribution in [2.45, 2.75) is 39.2 Å². The van der Waals surface area contributed by atoms with Crippen LogP contribution in [0.1, 0.15) is 43.5 Å². The largest absolute Gasteiger partial charge is 0.452 e. The van der Waals surface area contributed by atoms with Crippen molar-refractivity contribution in [1.29, 1.82) is 0 Å². The Morgan fingerprint density at radius 3 is 2.43 bits per heavy atom. The minimum absolute atomic E-state index is 0.0407. The molecule has 0 aromatic heterocycles. The number of anilines is 1. The summed E-state index contributed by atoms with van der Waals surface area (Å²) in [6, 6.07) is 5.76. The normalized spacial score (nSPS) is 17.7. The van der Waals surface area contributed by atoms with Gasteiger partial charge in [0.25, 0.3) is 5.91 Å². The van der Waals surface area contributed by atoms with Crippen LogP contribution in [0.4, 0.5) is 5.69 Å². The predicted octanol–water partition coefficient (Wildman–Crippen LogP) is 1.62. The van der Waals surface area contributed by atoms with Crippen LogP contribution in [-0.4, -0.2) is 61.8 Å². The van der Waals surface area contributed by atoms with Crippen LogP contribution in [0.25, 0.3) is 0 Å². The van der Waals surface area contributed by atoms with Crippen LogP contribution in [0.3, 0.4) is 0 Å². The monoisotopic (exact) mass is 410 g/mol. The van der Waals surface area contributed by atoms with E-state index in [9.17, 15) is 22.8 Å². The number of benzene rings is 1. The fourth-order valence-electron chi connectivity index (χ4n) is 3.05. The summed E-state index contributed by atoms with van der Waals surface area (Å²) >= 11 is 0. The maximum atomic E-state index is 12.6. The average Bonchev–Trinajstić information content (AvgIpc) is 2.99. The number of hydrogen-bond acceptors (Lipinski definition) is 6. The van der Waals surface area contributed by atoms with E-state index in [1.165, 1.54) is 24.0 Å². The molecule has 0 spiro atoms. The second kappa shape index (κ2) is 9.68. The Balaban J connectivity index is 1.95. The van der Waals surface area contributed by atoms with Crippen LogP contribution in [0.5, 0.6) is 0 Å². The van der Waals surface area contributed by atoms with Gasteiger partial charge < -0.3 is 15.0 Å². The second-order valence-corrected chi connectivity index (χ2v) is 9.06. The minimum Gasteiger partial charge on any atom is -0.452 e. The minimum atomic E-state index is -3.12. The fraction of sp³-hybridized carbons (Fsp3) is 0.526. The van der Waals surface area contributed by atoms with E-state index in [-0.39, 0.29) is 29.0 Å². The van der Waals surface area contributed by atoms with E-state index in [0.29, 0.717) is 18.7 Å². The topological polar surface area (TPSA) is 110 Å². The van der Waals surface area contributed by atoms with Crippen LogP contribution in [0, 0.1) is 0 Å². The van der Waals surface area contributed by atoms with Crippen molar-refractivity contribution in [2.24, 2.45) is 0 Å². The number of esters is 1. The Bertz CT molecular complexity index is 819. The quantitative estimate of drug-likeness (QED) is 0.652. The predicted molar refractivity (Wildman–Crippen MR) is 105 cm³/mol. The maximum absolute atomic E-state index is 12.6. The third-order valence-electron chi connectivity index (χ3n) is 4.49. The number of hydrogen-bond donors (Lipinski definition) is 1. The first kappa shape index (κ1) is 21.9. The van der Waals surface area contributed by atoms with Crippen LogP contribution in [0.2, 0.25) is 0 Å². The number of nitrogens with zero attached hydrogens (tertiary/aromatic N) is 1. The van der Waals surface area contributed by atoms with Crippen molar-refractivity contribution in [3.05, 3.63) is 29.8 Å². The number of nitrogens with one attached hydrogen (secondary N) is 1. The van der Waals surface area contributed by atoms with Gasteiger partial charge in [0.05, 0.1) is 17.1 Å². The van der Waals surface area contributed by atoms with Crippen LogP contribution < -0.4 is 5.32 Å². The van der Waals surface area contributed by atoms with Crippen molar-refractivity contribution < 1.29 is 27.5 Å². The van der Waals surface area contributed by atoms with Gasteiger partial charge in [-0.15, -0.1) is 0 Å². The molecule has 1 N–H and O–H groups in total. The summed E-state index contributed by atoms with van der Waals surface area (Å²) < 4.78 is 28.6. The van der Waals surface area contributed by atoms with Gasteiger partial charge in [-0.1, -0.05) is 13.3 Å². The lowest BCUT2D eigenvalue weighted by atomic mass is 10.2. The Hall–Kier alpha value is -2.42. The molecule has 8 nitrogen and oxygen atoms in total. The zero-order valence-electron chi connectivity index (χ0n) is 16.1. The molecule has 0 radical (unpaired) electrons. The SMILES string of the molecule is CCCCN(C(=O)COC(=O)c1ccc(NC(C)=O)cc1)[C@H]1CCS(=O)(=O)C1. The van der Waals surface area contributed by atoms with E-state index in [2.05, 4.69) is 5.32 Å². The molecule has 1 aliphatic rings. The fourth-order valence-corrected chi connectivity index (χ4v) is 4.78. The molecule has 1 heterocycles. The Morgan fingerprint density at radius 1 is 1.21 bits per heavy atom. The molecule has 0 aliphatic carbocycles. The van der Waals surface area contributed by atoms with E-state index < -0.39 is 28.3 Å². The van der Waals surface area contributed by atoms with Gasteiger partial charge in [-0.25, -0.2) is 13.2 Å². The highest BCUT2D eigenvalue weighted by Gasteiger charge is 2.34. The molecule has 0 unspecified atom stereocenters. The molecule has 2 amide bonds. The summed E-state index contributed by atoms with van der Waals surface area (Å²) in [6.07, 6.45) is 2.03. The summed E-state index contributed by atoms with van der Waals surface area (Å²) in [4.78, 5) is 37.3. The maximum Gasteiger partial charge on any atom is 0.338 e. The molecule has 0 bridgehead atoms. The zero-order valence-corrected chi connectivity index (χ0v) is 17.0. The highest BCUT2D eigenvalue weighted by atomic mass is 32.2. The Morgan fingerprint density at radius 2 is 1.89 bits per heavy atom. The third kappa shape index (κ3) is 6.33. The number of amides is 2. The van der Waals surface area contributed by atoms with Gasteiger partial charge in [-0.05, 0) is 37.1 Å². The molecular formula is C19H26N2O6S. The van der Waals surface area contributed by atoms with Gasteiger partial charge in [-0.3, -0.25) is 9.59 Å². The molecule has 9 heteroatoms. The summed E-state index contributed by atoms with van der Waals surface area (Å²) in [5, 5.41) is 2.59. The molecule has 154 valence electrons. The summed E-state index contributed by atoms with van der Waals surface area (Å²) in [5.74, 6) is -1.23. The van der Waals surface area contributed by atoms with Gasteiger partial charge in [0.15, 0.2) is 16.4 Å². The van der Waals surface area contributed by atoms with E-state index in [0.717, 1.165) is 12.8 Å². The first-order valence-electron chi connectivity index (χ1n) is 9.26. The summed E-state index contributed by atoms with van der Waals surface area (Å²) in [7, 11) is -3.12. The summed E-state index contributed by atoms with van der Waals surface area (Å²) in [5.41, 5.74) is 0.804. The van der Waals surface area contributed by atoms with E-state index in [1.807, 2.05) is 6.92 Å². The van der Waals surface area contributed by atoms with Gasteiger partial charge >= 0.3 is 5.97 Å². The average molecular weight is 410 g/mol. The number of ether oxygens (including phenoxy) is 1. The molecule has 1 saturated heterocycles. The smallest absolute Gasteiger partial charge is 0.338 e. The van der Waals surface area contributed by atoms with Crippen molar-refractivity contribution in [1.82, 2.24) is 4.90 Å². The molecule has 0 saturated carbocycles. The van der Waals surface area contributed by atoms with Crippen molar-refractivity contribution in [3.8, 4) is 0 Å². The highest BCUT2D eigenvalue weighted by Crippen LogP contribution is 2.19. The molecule has 2 rings (SSSR count). The van der Waals surface area contributed by atoms with E-state index >= 15 is 0 Å². The molecule has 1 aromatic rings. The van der Waals surface area contributed by atoms with E-state index in [4.69, 9.17) is 4.74 Å². The van der Waals surface area contributed by atoms with Gasteiger partial charge in [0.1, 0.15) is 0 Å². The van der Waals surface area contributed by atoms with Crippen molar-refractivity contribution in [2.75, 3.05) is 30.0 Å². The molecule has 1 atom stereocenters. The standard InChI is InChI=1S/C19H26N2O6S/c1-3-4-10-21(17-9-11-28(25,26)13-17)18(23)12-27-19(24)15-5-7-16(8-6-15)20-14(2)22/h5-8,17H,3-4,9-13H2,1-2H3,(H,20,22)/t17-/m0/s1. The Labute approximate surface area is 165 Å². The van der Waals surface area contributed by atoms with Crippen LogP contribution >= 0.6 is 0 Å². The van der Waals surface area contributed by atoms with Crippen LogP contribution in [-0.2, 0) is 24.2 Å². The third-order valence-corrected chi connectivity index (χ3v) is 6.24. The van der Waals surface area contributed by atoms with Gasteiger partial charge in [0.2, 0.25) is 5.91 Å². The first-order chi connectivity index (χ1) is 13.2. The highest BCUT2D eigenvalue weighted by molar-refractivity contribution is 7.91. The van der Waals surface area contributed by atoms with E-state index in [1.54, 1.807) is 12.1 Å². The summed E-state index contributed by atoms with van der Waals surface area (Å²) in [6.45, 7) is 3.37. The number of rotatable bonds is 8. The zero-order chi connectivity index (χ0) is 20.7. The van der Waals surface area contributed by atoms with Crippen molar-refractivity contribution >= 4 is 33.3 Å². The molecule has 1 aliphatic heterocycles. The lowest BCUT2D eigenvalue weighted by Crippen LogP contribution is -2.43. The van der Waals surface area contributed by atoms with Gasteiger partial charge in [-0.2, -0.15) is 0 Å². The van der Waals surface area contributed by atoms with Gasteiger partial charge in [0, 0.05) is 25.2 Å². The molecular weight excluding hydrogens is 384 g/mol. The number of carbonyl (C=O) groups is 3. The number of carbonyl (C=O) groups excluding carboxylic acids is 3. The lowest BCUT2D eigenvalue weighted by molar-refractivity contribution is -0.136. The lowest BCUT2D eigenvalue weighted by Gasteiger charge is -2.28.